The predicted octanol–water partition coefficient (Wildman–Crippen LogP) is 5.09. The maximum Gasteiger partial charge on any atom is 0.434 e. The van der Waals surface area contributed by atoms with Crippen LogP contribution in [0.25, 0.3) is 0 Å². The summed E-state index contributed by atoms with van der Waals surface area (Å²) in [5.74, 6) is 0. The highest BCUT2D eigenvalue weighted by Gasteiger charge is 2.60. The first kappa shape index (κ1) is 25.1. The van der Waals surface area contributed by atoms with Crippen LogP contribution >= 0.6 is 0 Å². The van der Waals surface area contributed by atoms with E-state index in [-0.39, 0.29) is 18.6 Å². The number of amides is 1. The standard InChI is InChI=1S/C19H26F6N2O2/c1-5-6-7-8-14(2)13-26(4)17(3)9-11-27(12-10-17)16(28)29-15(18(20,21)22)19(23,24)25/h5-8,15H,1,9-13H2,2-4H3/b7-6-,14-8+. The lowest BCUT2D eigenvalue weighted by Gasteiger charge is -2.45. The Morgan fingerprint density at radius 1 is 1.17 bits per heavy atom. The van der Waals surface area contributed by atoms with Gasteiger partial charge in [0.15, 0.2) is 0 Å². The molecule has 0 aromatic carbocycles. The fourth-order valence-electron chi connectivity index (χ4n) is 2.96. The molecule has 0 radical (unpaired) electrons. The van der Waals surface area contributed by atoms with E-state index in [1.165, 1.54) is 0 Å². The van der Waals surface area contributed by atoms with Crippen molar-refractivity contribution in [1.82, 2.24) is 9.80 Å². The number of likely N-dealkylation sites (tertiary alicyclic amines) is 1. The van der Waals surface area contributed by atoms with E-state index >= 15 is 0 Å². The van der Waals surface area contributed by atoms with Crippen LogP contribution in [0, 0.1) is 0 Å². The van der Waals surface area contributed by atoms with Gasteiger partial charge in [-0.15, -0.1) is 0 Å². The number of hydrogen-bond donors (Lipinski definition) is 0. The van der Waals surface area contributed by atoms with Gasteiger partial charge in [0.1, 0.15) is 0 Å². The first-order valence-electron chi connectivity index (χ1n) is 8.96. The van der Waals surface area contributed by atoms with Crippen LogP contribution in [0.1, 0.15) is 26.7 Å². The second kappa shape index (κ2) is 9.69. The van der Waals surface area contributed by atoms with Crippen LogP contribution in [-0.4, -0.2) is 66.6 Å². The van der Waals surface area contributed by atoms with Gasteiger partial charge in [0.25, 0.3) is 6.10 Å². The number of ether oxygens (including phenoxy) is 1. The normalized spacial score (nSPS) is 18.6. The minimum absolute atomic E-state index is 0.00123. The van der Waals surface area contributed by atoms with Crippen LogP contribution in [0.5, 0.6) is 0 Å². The summed E-state index contributed by atoms with van der Waals surface area (Å²) >= 11 is 0. The molecule has 1 aliphatic heterocycles. The zero-order valence-electron chi connectivity index (χ0n) is 16.6. The van der Waals surface area contributed by atoms with Crippen molar-refractivity contribution in [3.63, 3.8) is 0 Å². The van der Waals surface area contributed by atoms with Gasteiger partial charge in [-0.25, -0.2) is 4.79 Å². The Labute approximate surface area is 166 Å². The molecule has 0 aromatic rings. The van der Waals surface area contributed by atoms with Crippen LogP contribution in [-0.2, 0) is 4.74 Å². The van der Waals surface area contributed by atoms with Gasteiger partial charge in [0.2, 0.25) is 0 Å². The minimum atomic E-state index is -5.72. The summed E-state index contributed by atoms with van der Waals surface area (Å²) in [6, 6.07) is 0. The number of alkyl halides is 6. The Balaban J connectivity index is 2.70. The van der Waals surface area contributed by atoms with Gasteiger partial charge in [0, 0.05) is 25.2 Å². The summed E-state index contributed by atoms with van der Waals surface area (Å²) in [6.45, 7) is 8.08. The molecular formula is C19H26F6N2O2. The number of carbonyl (C=O) groups is 1. The van der Waals surface area contributed by atoms with Gasteiger partial charge < -0.3 is 9.64 Å². The van der Waals surface area contributed by atoms with Gasteiger partial charge in [-0.05, 0) is 33.7 Å². The van der Waals surface area contributed by atoms with E-state index in [1.54, 1.807) is 12.2 Å². The molecule has 0 bridgehead atoms. The molecule has 1 saturated heterocycles. The summed E-state index contributed by atoms with van der Waals surface area (Å²) < 4.78 is 79.2. The highest BCUT2D eigenvalue weighted by Crippen LogP contribution is 2.36. The molecule has 29 heavy (non-hydrogen) atoms. The zero-order valence-corrected chi connectivity index (χ0v) is 16.6. The Kier molecular flexibility index (Phi) is 8.37. The molecule has 0 unspecified atom stereocenters. The van der Waals surface area contributed by atoms with Crippen molar-refractivity contribution >= 4 is 6.09 Å². The number of nitrogens with zero attached hydrogens (tertiary/aromatic N) is 2. The summed E-state index contributed by atoms with van der Waals surface area (Å²) in [4.78, 5) is 14.8. The monoisotopic (exact) mass is 428 g/mol. The van der Waals surface area contributed by atoms with Crippen molar-refractivity contribution in [3.8, 4) is 0 Å². The molecule has 0 atom stereocenters. The summed E-state index contributed by atoms with van der Waals surface area (Å²) in [6.07, 6.45) is -9.22. The van der Waals surface area contributed by atoms with Gasteiger partial charge in [-0.1, -0.05) is 36.5 Å². The number of likely N-dealkylation sites (N-methyl/N-ethyl adjacent to an activating group) is 1. The number of halogens is 6. The Hall–Kier alpha value is -1.97. The molecule has 1 aliphatic rings. The minimum Gasteiger partial charge on any atom is -0.426 e. The average Bonchev–Trinajstić information content (AvgIpc) is 2.58. The molecule has 1 rings (SSSR count). The topological polar surface area (TPSA) is 32.8 Å². The highest BCUT2D eigenvalue weighted by atomic mass is 19.4. The third kappa shape index (κ3) is 7.41. The van der Waals surface area contributed by atoms with Gasteiger partial charge in [-0.2, -0.15) is 26.3 Å². The third-order valence-electron chi connectivity index (χ3n) is 4.95. The van der Waals surface area contributed by atoms with Crippen molar-refractivity contribution in [3.05, 3.63) is 36.5 Å². The summed E-state index contributed by atoms with van der Waals surface area (Å²) in [7, 11) is 1.88. The predicted molar refractivity (Wildman–Crippen MR) is 97.3 cm³/mol. The molecule has 1 fully saturated rings. The van der Waals surface area contributed by atoms with Crippen molar-refractivity contribution < 1.29 is 35.9 Å². The van der Waals surface area contributed by atoms with E-state index in [0.717, 1.165) is 10.5 Å². The Morgan fingerprint density at radius 3 is 2.14 bits per heavy atom. The number of allylic oxidation sites excluding steroid dienone is 4. The molecule has 166 valence electrons. The quantitative estimate of drug-likeness (QED) is 0.436. The van der Waals surface area contributed by atoms with Crippen molar-refractivity contribution in [2.24, 2.45) is 0 Å². The van der Waals surface area contributed by atoms with E-state index in [4.69, 9.17) is 0 Å². The maximum atomic E-state index is 12.6. The molecule has 0 N–H and O–H groups in total. The second-order valence-electron chi connectivity index (χ2n) is 7.32. The van der Waals surface area contributed by atoms with Crippen LogP contribution in [0.3, 0.4) is 0 Å². The van der Waals surface area contributed by atoms with Gasteiger partial charge in [0.05, 0.1) is 0 Å². The molecule has 0 saturated carbocycles. The molecule has 0 spiro atoms. The first-order chi connectivity index (χ1) is 13.2. The summed E-state index contributed by atoms with van der Waals surface area (Å²) in [5.41, 5.74) is 0.702. The molecule has 1 heterocycles. The SMILES string of the molecule is C=C/C=C\C=C(/C)CN(C)C1(C)CCN(C(=O)OC(C(F)(F)F)C(F)(F)F)CC1. The van der Waals surface area contributed by atoms with E-state index in [0.29, 0.717) is 19.4 Å². The van der Waals surface area contributed by atoms with Crippen LogP contribution in [0.2, 0.25) is 0 Å². The Bertz CT molecular complexity index is 618. The largest absolute Gasteiger partial charge is 0.434 e. The highest BCUT2D eigenvalue weighted by molar-refractivity contribution is 5.68. The molecule has 0 aliphatic carbocycles. The summed E-state index contributed by atoms with van der Waals surface area (Å²) in [5, 5.41) is 0. The number of piperidine rings is 1. The maximum absolute atomic E-state index is 12.6. The Morgan fingerprint density at radius 2 is 1.69 bits per heavy atom. The van der Waals surface area contributed by atoms with Crippen molar-refractivity contribution in [1.29, 1.82) is 0 Å². The van der Waals surface area contributed by atoms with Crippen molar-refractivity contribution in [2.45, 2.75) is 50.7 Å². The number of hydrogen-bond acceptors (Lipinski definition) is 3. The van der Waals surface area contributed by atoms with E-state index in [2.05, 4.69) is 16.2 Å². The van der Waals surface area contributed by atoms with Crippen LogP contribution in [0.15, 0.2) is 36.5 Å². The fraction of sp³-hybridized carbons (Fsp3) is 0.632. The third-order valence-corrected chi connectivity index (χ3v) is 4.95. The number of carbonyl (C=O) groups excluding carboxylic acids is 1. The zero-order chi connectivity index (χ0) is 22.5. The van der Waals surface area contributed by atoms with Gasteiger partial charge in [-0.3, -0.25) is 4.90 Å². The smallest absolute Gasteiger partial charge is 0.426 e. The molecule has 0 aromatic heterocycles. The van der Waals surface area contributed by atoms with E-state index in [9.17, 15) is 31.1 Å². The van der Waals surface area contributed by atoms with E-state index in [1.807, 2.05) is 33.0 Å². The lowest BCUT2D eigenvalue weighted by molar-refractivity contribution is -0.308. The molecule has 10 heteroatoms. The fourth-order valence-corrected chi connectivity index (χ4v) is 2.96. The second-order valence-corrected chi connectivity index (χ2v) is 7.32. The molecule has 4 nitrogen and oxygen atoms in total. The lowest BCUT2D eigenvalue weighted by atomic mass is 9.88. The lowest BCUT2D eigenvalue weighted by Crippen LogP contribution is -2.55. The van der Waals surface area contributed by atoms with Crippen LogP contribution in [0.4, 0.5) is 31.1 Å². The molecular weight excluding hydrogens is 402 g/mol. The molecule has 1 amide bonds. The van der Waals surface area contributed by atoms with E-state index < -0.39 is 24.5 Å². The number of rotatable bonds is 6. The van der Waals surface area contributed by atoms with Crippen molar-refractivity contribution in [2.75, 3.05) is 26.7 Å². The average molecular weight is 428 g/mol. The van der Waals surface area contributed by atoms with Gasteiger partial charge >= 0.3 is 18.4 Å². The first-order valence-corrected chi connectivity index (χ1v) is 8.96. The van der Waals surface area contributed by atoms with Crippen LogP contribution < -0.4 is 0 Å².